The average molecular weight is 593 g/mol. The molecule has 2 fully saturated rings. The molecule has 8 nitrogen and oxygen atoms in total. The summed E-state index contributed by atoms with van der Waals surface area (Å²) in [7, 11) is 0. The number of carbonyl (C=O) groups is 3. The SMILES string of the molecule is Cc1ccc([N+](=O)[O-])cc1N1C(=O)[C@@H]2[C@H](C1=O)[C@H](C(=O)c1ccc(Br)cc1)N1c3ccc(Cl)cc3C=C[C@H]21. The number of ketones is 1. The van der Waals surface area contributed by atoms with Crippen LogP contribution in [0.4, 0.5) is 17.1 Å². The number of fused-ring (bicyclic) bond motifs is 5. The minimum absolute atomic E-state index is 0.164. The summed E-state index contributed by atoms with van der Waals surface area (Å²) in [5.41, 5.74) is 2.39. The van der Waals surface area contributed by atoms with Crippen molar-refractivity contribution in [3.63, 3.8) is 0 Å². The first-order valence-corrected chi connectivity index (χ1v) is 13.0. The zero-order chi connectivity index (χ0) is 26.9. The van der Waals surface area contributed by atoms with E-state index in [0.29, 0.717) is 21.8 Å². The summed E-state index contributed by atoms with van der Waals surface area (Å²) in [6, 6.07) is 14.7. The van der Waals surface area contributed by atoms with Crippen molar-refractivity contribution in [1.29, 1.82) is 0 Å². The predicted octanol–water partition coefficient (Wildman–Crippen LogP) is 5.59. The van der Waals surface area contributed by atoms with Crippen LogP contribution >= 0.6 is 27.5 Å². The van der Waals surface area contributed by atoms with Crippen LogP contribution in [-0.2, 0) is 9.59 Å². The van der Waals surface area contributed by atoms with Gasteiger partial charge in [0.15, 0.2) is 5.78 Å². The van der Waals surface area contributed by atoms with E-state index >= 15 is 0 Å². The van der Waals surface area contributed by atoms with Crippen LogP contribution in [0.1, 0.15) is 21.5 Å². The molecule has 10 heteroatoms. The summed E-state index contributed by atoms with van der Waals surface area (Å²) in [6.45, 7) is 1.69. The number of imide groups is 1. The average Bonchev–Trinajstić information content (AvgIpc) is 3.36. The Morgan fingerprint density at radius 1 is 0.974 bits per heavy atom. The second-order valence-corrected chi connectivity index (χ2v) is 10.9. The van der Waals surface area contributed by atoms with E-state index in [1.54, 1.807) is 49.4 Å². The van der Waals surface area contributed by atoms with Crippen LogP contribution in [0.3, 0.4) is 0 Å². The van der Waals surface area contributed by atoms with E-state index in [0.717, 1.165) is 14.9 Å². The van der Waals surface area contributed by atoms with Crippen molar-refractivity contribution in [3.05, 3.63) is 103 Å². The number of hydrogen-bond donors (Lipinski definition) is 0. The number of anilines is 2. The lowest BCUT2D eigenvalue weighted by atomic mass is 9.86. The Bertz CT molecular complexity index is 1590. The highest BCUT2D eigenvalue weighted by Gasteiger charge is 2.64. The quantitative estimate of drug-likeness (QED) is 0.169. The number of rotatable bonds is 4. The number of nitro benzene ring substituents is 1. The number of nitrogens with zero attached hydrogens (tertiary/aromatic N) is 3. The highest BCUT2D eigenvalue weighted by molar-refractivity contribution is 9.10. The van der Waals surface area contributed by atoms with Crippen molar-refractivity contribution in [2.45, 2.75) is 19.0 Å². The topological polar surface area (TPSA) is 101 Å². The summed E-state index contributed by atoms with van der Waals surface area (Å²) in [5.74, 6) is -3.13. The molecule has 2 saturated heterocycles. The standard InChI is InChI=1S/C28H19BrClN3O5/c1-14-2-9-19(33(37)38)13-22(14)32-27(35)23-21-10-5-16-12-18(30)8-11-20(16)31(21)25(24(23)28(32)36)26(34)15-3-6-17(29)7-4-15/h2-13,21,23-25H,1H3/t21-,23+,24+,25-/m1/s1. The van der Waals surface area contributed by atoms with Gasteiger partial charge in [0, 0.05) is 32.9 Å². The van der Waals surface area contributed by atoms with Gasteiger partial charge in [0.05, 0.1) is 28.5 Å². The Morgan fingerprint density at radius 3 is 2.39 bits per heavy atom. The molecule has 0 spiro atoms. The molecule has 38 heavy (non-hydrogen) atoms. The molecule has 3 aliphatic heterocycles. The van der Waals surface area contributed by atoms with E-state index in [4.69, 9.17) is 11.6 Å². The molecule has 0 bridgehead atoms. The van der Waals surface area contributed by atoms with Crippen molar-refractivity contribution in [1.82, 2.24) is 0 Å². The smallest absolute Gasteiger partial charge is 0.271 e. The first-order chi connectivity index (χ1) is 18.2. The molecular weight excluding hydrogens is 574 g/mol. The van der Waals surface area contributed by atoms with Crippen LogP contribution in [0.15, 0.2) is 71.2 Å². The van der Waals surface area contributed by atoms with E-state index in [-0.39, 0.29) is 17.2 Å². The van der Waals surface area contributed by atoms with E-state index in [1.807, 2.05) is 17.1 Å². The fraction of sp³-hybridized carbons (Fsp3) is 0.179. The van der Waals surface area contributed by atoms with Crippen LogP contribution in [0.2, 0.25) is 5.02 Å². The van der Waals surface area contributed by atoms with Crippen LogP contribution in [-0.4, -0.2) is 34.6 Å². The van der Waals surface area contributed by atoms with Gasteiger partial charge in [-0.3, -0.25) is 24.5 Å². The number of benzene rings is 3. The normalized spacial score (nSPS) is 23.3. The third kappa shape index (κ3) is 3.60. The molecule has 0 radical (unpaired) electrons. The molecule has 190 valence electrons. The van der Waals surface area contributed by atoms with E-state index in [1.165, 1.54) is 18.2 Å². The zero-order valence-electron chi connectivity index (χ0n) is 19.9. The Hall–Kier alpha value is -3.82. The molecule has 6 rings (SSSR count). The maximum atomic E-state index is 14.1. The van der Waals surface area contributed by atoms with Crippen LogP contribution in [0.5, 0.6) is 0 Å². The molecule has 0 N–H and O–H groups in total. The first kappa shape index (κ1) is 24.5. The zero-order valence-corrected chi connectivity index (χ0v) is 22.2. The molecule has 3 aromatic rings. The summed E-state index contributed by atoms with van der Waals surface area (Å²) in [6.07, 6.45) is 3.69. The van der Waals surface area contributed by atoms with E-state index in [9.17, 15) is 24.5 Å². The molecule has 0 saturated carbocycles. The van der Waals surface area contributed by atoms with Crippen LogP contribution in [0.25, 0.3) is 6.08 Å². The number of carbonyl (C=O) groups excluding carboxylic acids is 3. The number of hydrogen-bond acceptors (Lipinski definition) is 6. The fourth-order valence-corrected chi connectivity index (χ4v) is 6.26. The van der Waals surface area contributed by atoms with Gasteiger partial charge < -0.3 is 4.90 Å². The lowest BCUT2D eigenvalue weighted by Gasteiger charge is -2.36. The Morgan fingerprint density at radius 2 is 1.68 bits per heavy atom. The molecule has 0 aromatic heterocycles. The van der Waals surface area contributed by atoms with Gasteiger partial charge >= 0.3 is 0 Å². The number of aryl methyl sites for hydroxylation is 1. The van der Waals surface area contributed by atoms with Crippen molar-refractivity contribution >= 4 is 68.3 Å². The third-order valence-electron chi connectivity index (χ3n) is 7.51. The highest BCUT2D eigenvalue weighted by atomic mass is 79.9. The number of Topliss-reactive ketones (excluding diaryl/α,β-unsaturated/α-hetero) is 1. The summed E-state index contributed by atoms with van der Waals surface area (Å²) < 4.78 is 0.802. The highest BCUT2D eigenvalue weighted by Crippen LogP contribution is 2.50. The summed E-state index contributed by atoms with van der Waals surface area (Å²) >= 11 is 9.61. The van der Waals surface area contributed by atoms with E-state index < -0.39 is 40.7 Å². The predicted molar refractivity (Wildman–Crippen MR) is 146 cm³/mol. The van der Waals surface area contributed by atoms with Crippen LogP contribution < -0.4 is 9.80 Å². The Labute approximate surface area is 230 Å². The second-order valence-electron chi connectivity index (χ2n) is 9.57. The lowest BCUT2D eigenvalue weighted by Crippen LogP contribution is -2.49. The van der Waals surface area contributed by atoms with Gasteiger partial charge in [-0.1, -0.05) is 57.9 Å². The summed E-state index contributed by atoms with van der Waals surface area (Å²) in [5, 5.41) is 12.0. The van der Waals surface area contributed by atoms with E-state index in [2.05, 4.69) is 15.9 Å². The first-order valence-electron chi connectivity index (χ1n) is 11.9. The molecule has 0 aliphatic carbocycles. The molecule has 3 heterocycles. The van der Waals surface area contributed by atoms with Gasteiger partial charge in [-0.05, 0) is 48.4 Å². The third-order valence-corrected chi connectivity index (χ3v) is 8.27. The number of amides is 2. The van der Waals surface area contributed by atoms with Gasteiger partial charge in [-0.25, -0.2) is 4.90 Å². The summed E-state index contributed by atoms with van der Waals surface area (Å²) in [4.78, 5) is 55.8. The molecule has 3 aromatic carbocycles. The van der Waals surface area contributed by atoms with Gasteiger partial charge in [0.1, 0.15) is 6.04 Å². The van der Waals surface area contributed by atoms with Crippen molar-refractivity contribution in [3.8, 4) is 0 Å². The van der Waals surface area contributed by atoms with Gasteiger partial charge in [-0.15, -0.1) is 0 Å². The lowest BCUT2D eigenvalue weighted by molar-refractivity contribution is -0.384. The maximum absolute atomic E-state index is 14.1. The molecule has 2 amide bonds. The minimum atomic E-state index is -0.978. The molecule has 4 atom stereocenters. The largest absolute Gasteiger partial charge is 0.352 e. The van der Waals surface area contributed by atoms with Gasteiger partial charge in [-0.2, -0.15) is 0 Å². The monoisotopic (exact) mass is 591 g/mol. The van der Waals surface area contributed by atoms with Crippen molar-refractivity contribution in [2.24, 2.45) is 11.8 Å². The minimum Gasteiger partial charge on any atom is -0.352 e. The number of nitro groups is 1. The number of non-ortho nitro benzene ring substituents is 1. The number of halogens is 2. The molecule has 3 aliphatic rings. The van der Waals surface area contributed by atoms with Crippen molar-refractivity contribution in [2.75, 3.05) is 9.80 Å². The maximum Gasteiger partial charge on any atom is 0.271 e. The molecule has 0 unspecified atom stereocenters. The van der Waals surface area contributed by atoms with Crippen LogP contribution in [0, 0.1) is 28.9 Å². The van der Waals surface area contributed by atoms with Gasteiger partial charge in [0.25, 0.3) is 5.69 Å². The second kappa shape index (κ2) is 8.89. The fourth-order valence-electron chi connectivity index (χ4n) is 5.82. The Balaban J connectivity index is 1.50. The van der Waals surface area contributed by atoms with Crippen molar-refractivity contribution < 1.29 is 19.3 Å². The Kier molecular flexibility index (Phi) is 5.73. The van der Waals surface area contributed by atoms with Gasteiger partial charge in [0.2, 0.25) is 11.8 Å². The molecular formula is C28H19BrClN3O5.